The lowest BCUT2D eigenvalue weighted by atomic mass is 10.2. The SMILES string of the molecule is CCN(CC)C(=O)CCCC(=O)Nc1ccc(OCCN)cc1. The lowest BCUT2D eigenvalue weighted by molar-refractivity contribution is -0.130. The Kier molecular flexibility index (Phi) is 8.75. The molecule has 2 amide bonds. The molecular formula is C17H27N3O3. The summed E-state index contributed by atoms with van der Waals surface area (Å²) in [5, 5.41) is 2.81. The zero-order chi connectivity index (χ0) is 17.1. The third-order valence-corrected chi connectivity index (χ3v) is 3.44. The summed E-state index contributed by atoms with van der Waals surface area (Å²) < 4.78 is 5.37. The number of nitrogens with two attached hydrogens (primary N) is 1. The van der Waals surface area contributed by atoms with Crippen molar-refractivity contribution in [1.82, 2.24) is 4.90 Å². The Morgan fingerprint density at radius 3 is 2.35 bits per heavy atom. The molecule has 0 spiro atoms. The average molecular weight is 321 g/mol. The monoisotopic (exact) mass is 321 g/mol. The Balaban J connectivity index is 2.32. The fraction of sp³-hybridized carbons (Fsp3) is 0.529. The predicted octanol–water partition coefficient (Wildman–Crippen LogP) is 2.00. The van der Waals surface area contributed by atoms with Crippen LogP contribution in [0, 0.1) is 0 Å². The van der Waals surface area contributed by atoms with Crippen LogP contribution in [0.1, 0.15) is 33.1 Å². The maximum Gasteiger partial charge on any atom is 0.224 e. The lowest BCUT2D eigenvalue weighted by Gasteiger charge is -2.18. The Morgan fingerprint density at radius 2 is 1.78 bits per heavy atom. The molecule has 0 fully saturated rings. The maximum absolute atomic E-state index is 11.9. The summed E-state index contributed by atoms with van der Waals surface area (Å²) in [6.45, 7) is 6.25. The molecule has 6 heteroatoms. The summed E-state index contributed by atoms with van der Waals surface area (Å²) in [5.41, 5.74) is 6.08. The maximum atomic E-state index is 11.9. The molecule has 0 aromatic heterocycles. The molecule has 6 nitrogen and oxygen atoms in total. The van der Waals surface area contributed by atoms with Crippen LogP contribution >= 0.6 is 0 Å². The third-order valence-electron chi connectivity index (χ3n) is 3.44. The van der Waals surface area contributed by atoms with Crippen molar-refractivity contribution in [3.05, 3.63) is 24.3 Å². The van der Waals surface area contributed by atoms with Crippen molar-refractivity contribution in [1.29, 1.82) is 0 Å². The van der Waals surface area contributed by atoms with Crippen LogP contribution in [-0.2, 0) is 9.59 Å². The molecule has 0 heterocycles. The van der Waals surface area contributed by atoms with E-state index in [-0.39, 0.29) is 11.8 Å². The van der Waals surface area contributed by atoms with E-state index in [1.165, 1.54) is 0 Å². The summed E-state index contributed by atoms with van der Waals surface area (Å²) in [6.07, 6.45) is 1.29. The number of carbonyl (C=O) groups is 2. The highest BCUT2D eigenvalue weighted by atomic mass is 16.5. The van der Waals surface area contributed by atoms with Crippen LogP contribution in [0.25, 0.3) is 0 Å². The second-order valence-corrected chi connectivity index (χ2v) is 5.13. The molecule has 128 valence electrons. The van der Waals surface area contributed by atoms with Crippen LogP contribution in [0.3, 0.4) is 0 Å². The minimum Gasteiger partial charge on any atom is -0.492 e. The quantitative estimate of drug-likeness (QED) is 0.690. The Hall–Kier alpha value is -2.08. The van der Waals surface area contributed by atoms with Gasteiger partial charge in [-0.1, -0.05) is 0 Å². The zero-order valence-electron chi connectivity index (χ0n) is 14.0. The normalized spacial score (nSPS) is 10.2. The van der Waals surface area contributed by atoms with E-state index >= 15 is 0 Å². The molecule has 0 unspecified atom stereocenters. The molecule has 3 N–H and O–H groups in total. The lowest BCUT2D eigenvalue weighted by Crippen LogP contribution is -2.30. The second kappa shape index (κ2) is 10.6. The van der Waals surface area contributed by atoms with Crippen LogP contribution < -0.4 is 15.8 Å². The number of benzene rings is 1. The third kappa shape index (κ3) is 7.15. The van der Waals surface area contributed by atoms with E-state index in [2.05, 4.69) is 5.32 Å². The smallest absolute Gasteiger partial charge is 0.224 e. The Morgan fingerprint density at radius 1 is 1.13 bits per heavy atom. The van der Waals surface area contributed by atoms with E-state index in [1.807, 2.05) is 13.8 Å². The standard InChI is InChI=1S/C17H27N3O3/c1-3-20(4-2)17(22)7-5-6-16(21)19-14-8-10-15(11-9-14)23-13-12-18/h8-11H,3-7,12-13,18H2,1-2H3,(H,19,21). The van der Waals surface area contributed by atoms with Gasteiger partial charge in [0, 0.05) is 38.2 Å². The number of rotatable bonds is 10. The first-order valence-electron chi connectivity index (χ1n) is 8.11. The van der Waals surface area contributed by atoms with Gasteiger partial charge in [-0.15, -0.1) is 0 Å². The van der Waals surface area contributed by atoms with Gasteiger partial charge in [-0.25, -0.2) is 0 Å². The number of hydrogen-bond acceptors (Lipinski definition) is 4. The fourth-order valence-corrected chi connectivity index (χ4v) is 2.17. The predicted molar refractivity (Wildman–Crippen MR) is 91.4 cm³/mol. The van der Waals surface area contributed by atoms with Gasteiger partial charge < -0.3 is 20.7 Å². The van der Waals surface area contributed by atoms with Crippen molar-refractivity contribution in [3.8, 4) is 5.75 Å². The topological polar surface area (TPSA) is 84.7 Å². The van der Waals surface area contributed by atoms with Gasteiger partial charge in [0.05, 0.1) is 0 Å². The van der Waals surface area contributed by atoms with Crippen molar-refractivity contribution >= 4 is 17.5 Å². The van der Waals surface area contributed by atoms with Crippen molar-refractivity contribution in [2.45, 2.75) is 33.1 Å². The molecule has 1 aromatic carbocycles. The van der Waals surface area contributed by atoms with E-state index in [0.717, 1.165) is 5.75 Å². The first-order chi connectivity index (χ1) is 11.1. The van der Waals surface area contributed by atoms with Gasteiger partial charge in [-0.3, -0.25) is 9.59 Å². The summed E-state index contributed by atoms with van der Waals surface area (Å²) in [4.78, 5) is 25.5. The minimum atomic E-state index is -0.0898. The van der Waals surface area contributed by atoms with E-state index in [1.54, 1.807) is 29.2 Å². The molecule has 23 heavy (non-hydrogen) atoms. The van der Waals surface area contributed by atoms with Crippen molar-refractivity contribution in [2.75, 3.05) is 31.6 Å². The zero-order valence-corrected chi connectivity index (χ0v) is 14.0. The highest BCUT2D eigenvalue weighted by Gasteiger charge is 2.10. The van der Waals surface area contributed by atoms with E-state index < -0.39 is 0 Å². The first kappa shape index (κ1) is 19.0. The number of ether oxygens (including phenoxy) is 1. The molecule has 1 aromatic rings. The van der Waals surface area contributed by atoms with Gasteiger partial charge >= 0.3 is 0 Å². The van der Waals surface area contributed by atoms with Crippen molar-refractivity contribution in [2.24, 2.45) is 5.73 Å². The molecule has 0 aliphatic carbocycles. The molecule has 0 aliphatic rings. The number of nitrogens with one attached hydrogen (secondary N) is 1. The van der Waals surface area contributed by atoms with Gasteiger partial charge in [0.25, 0.3) is 0 Å². The fourth-order valence-electron chi connectivity index (χ4n) is 2.17. The Bertz CT molecular complexity index is 484. The molecule has 0 saturated carbocycles. The van der Waals surface area contributed by atoms with Crippen LogP contribution in [0.5, 0.6) is 5.75 Å². The number of nitrogens with zero attached hydrogens (tertiary/aromatic N) is 1. The molecule has 0 atom stereocenters. The van der Waals surface area contributed by atoms with E-state index in [9.17, 15) is 9.59 Å². The molecule has 1 rings (SSSR count). The summed E-state index contributed by atoms with van der Waals surface area (Å²) in [5.74, 6) is 0.732. The first-order valence-corrected chi connectivity index (χ1v) is 8.11. The number of carbonyl (C=O) groups excluding carboxylic acids is 2. The highest BCUT2D eigenvalue weighted by molar-refractivity contribution is 5.91. The minimum absolute atomic E-state index is 0.0898. The highest BCUT2D eigenvalue weighted by Crippen LogP contribution is 2.16. The van der Waals surface area contributed by atoms with Crippen molar-refractivity contribution < 1.29 is 14.3 Å². The summed E-state index contributed by atoms with van der Waals surface area (Å²) in [7, 11) is 0. The van der Waals surface area contributed by atoms with Gasteiger partial charge in [-0.05, 0) is 44.5 Å². The van der Waals surface area contributed by atoms with E-state index in [0.29, 0.717) is 51.2 Å². The molecule has 0 aliphatic heterocycles. The van der Waals surface area contributed by atoms with Crippen LogP contribution in [-0.4, -0.2) is 43.0 Å². The number of anilines is 1. The molecular weight excluding hydrogens is 294 g/mol. The van der Waals surface area contributed by atoms with E-state index in [4.69, 9.17) is 10.5 Å². The number of hydrogen-bond donors (Lipinski definition) is 2. The van der Waals surface area contributed by atoms with Gasteiger partial charge in [-0.2, -0.15) is 0 Å². The second-order valence-electron chi connectivity index (χ2n) is 5.13. The number of amides is 2. The average Bonchev–Trinajstić information content (AvgIpc) is 2.55. The van der Waals surface area contributed by atoms with Crippen molar-refractivity contribution in [3.63, 3.8) is 0 Å². The van der Waals surface area contributed by atoms with Gasteiger partial charge in [0.2, 0.25) is 11.8 Å². The largest absolute Gasteiger partial charge is 0.492 e. The summed E-state index contributed by atoms with van der Waals surface area (Å²) in [6, 6.07) is 7.14. The molecule has 0 radical (unpaired) electrons. The van der Waals surface area contributed by atoms with Crippen LogP contribution in [0.2, 0.25) is 0 Å². The Labute approximate surface area is 138 Å². The van der Waals surface area contributed by atoms with Gasteiger partial charge in [0.15, 0.2) is 0 Å². The molecule has 0 bridgehead atoms. The van der Waals surface area contributed by atoms with Crippen LogP contribution in [0.15, 0.2) is 24.3 Å². The van der Waals surface area contributed by atoms with Gasteiger partial charge in [0.1, 0.15) is 12.4 Å². The van der Waals surface area contributed by atoms with Crippen LogP contribution in [0.4, 0.5) is 5.69 Å². The summed E-state index contributed by atoms with van der Waals surface area (Å²) >= 11 is 0. The molecule has 0 saturated heterocycles.